The molecule has 0 heterocycles. The lowest BCUT2D eigenvalue weighted by Gasteiger charge is -2.24. The van der Waals surface area contributed by atoms with Crippen LogP contribution < -0.4 is 0 Å². The first-order valence-electron chi connectivity index (χ1n) is 7.12. The lowest BCUT2D eigenvalue weighted by atomic mass is 9.96. The van der Waals surface area contributed by atoms with E-state index >= 15 is 0 Å². The fourth-order valence-corrected chi connectivity index (χ4v) is 2.07. The summed E-state index contributed by atoms with van der Waals surface area (Å²) in [5, 5.41) is 0. The second kappa shape index (κ2) is 9.02. The molecule has 1 aromatic rings. The highest BCUT2D eigenvalue weighted by molar-refractivity contribution is 7.94. The zero-order valence-corrected chi connectivity index (χ0v) is 14.8. The molecule has 0 amide bonds. The number of ether oxygens (including phenoxy) is 2. The molecule has 0 atom stereocenters. The Bertz CT molecular complexity index is 524. The molecule has 0 bridgehead atoms. The summed E-state index contributed by atoms with van der Waals surface area (Å²) in [6, 6.07) is 6.72. The van der Waals surface area contributed by atoms with Crippen molar-refractivity contribution in [1.29, 1.82) is 0 Å². The van der Waals surface area contributed by atoms with Gasteiger partial charge in [0.15, 0.2) is 5.60 Å². The molecular weight excluding hydrogens is 320 g/mol. The molecule has 0 aliphatic heterocycles. The highest BCUT2D eigenvalue weighted by Crippen LogP contribution is 2.22. The van der Waals surface area contributed by atoms with Gasteiger partial charge in [0.25, 0.3) is 0 Å². The van der Waals surface area contributed by atoms with Crippen LogP contribution in [0.25, 0.3) is 0 Å². The third-order valence-corrected chi connectivity index (χ3v) is 3.43. The molecule has 6 nitrogen and oxygen atoms in total. The van der Waals surface area contributed by atoms with Crippen LogP contribution in [0.2, 0.25) is 0 Å². The van der Waals surface area contributed by atoms with Gasteiger partial charge in [-0.1, -0.05) is 12.1 Å². The monoisotopic (exact) mass is 342 g/mol. The Balaban J connectivity index is 2.68. The molecule has 0 radical (unpaired) electrons. The van der Waals surface area contributed by atoms with Gasteiger partial charge in [0, 0.05) is 10.5 Å². The molecule has 0 saturated heterocycles. The van der Waals surface area contributed by atoms with Crippen molar-refractivity contribution in [3.8, 4) is 0 Å². The van der Waals surface area contributed by atoms with E-state index in [1.165, 1.54) is 7.11 Å². The summed E-state index contributed by atoms with van der Waals surface area (Å²) in [4.78, 5) is 29.5. The van der Waals surface area contributed by atoms with Crippen molar-refractivity contribution >= 4 is 23.8 Å². The van der Waals surface area contributed by atoms with Crippen molar-refractivity contribution in [2.24, 2.45) is 0 Å². The molecule has 0 fully saturated rings. The summed E-state index contributed by atoms with van der Waals surface area (Å²) in [5.74, 6) is -0.864. The number of rotatable bonds is 9. The minimum Gasteiger partial charge on any atom is -0.450 e. The summed E-state index contributed by atoms with van der Waals surface area (Å²) >= 11 is 1.03. The van der Waals surface area contributed by atoms with E-state index in [1.54, 1.807) is 38.1 Å². The van der Waals surface area contributed by atoms with Gasteiger partial charge in [-0.3, -0.25) is 4.79 Å². The highest BCUT2D eigenvalue weighted by atomic mass is 32.2. The van der Waals surface area contributed by atoms with Gasteiger partial charge in [0.1, 0.15) is 6.61 Å². The molecule has 0 aliphatic carbocycles. The van der Waals surface area contributed by atoms with Gasteiger partial charge in [-0.05, 0) is 39.8 Å². The molecule has 0 aromatic heterocycles. The van der Waals surface area contributed by atoms with Crippen molar-refractivity contribution in [2.45, 2.75) is 44.3 Å². The molecule has 0 saturated carbocycles. The topological polar surface area (TPSA) is 71.1 Å². The quantitative estimate of drug-likeness (QED) is 0.224. The van der Waals surface area contributed by atoms with Crippen LogP contribution >= 0.6 is 12.0 Å². The van der Waals surface area contributed by atoms with E-state index in [9.17, 15) is 9.59 Å². The Kier molecular flexibility index (Phi) is 7.70. The van der Waals surface area contributed by atoms with Gasteiger partial charge in [-0.25, -0.2) is 9.68 Å². The Morgan fingerprint density at radius 1 is 1.17 bits per heavy atom. The maximum Gasteiger partial charge on any atom is 0.333 e. The first-order chi connectivity index (χ1) is 10.8. The summed E-state index contributed by atoms with van der Waals surface area (Å²) in [5.41, 5.74) is -0.830. The summed E-state index contributed by atoms with van der Waals surface area (Å²) in [6.07, 6.45) is -0.0827. The van der Waals surface area contributed by atoms with Gasteiger partial charge in [-0.15, -0.1) is 0 Å². The van der Waals surface area contributed by atoms with E-state index in [1.807, 2.05) is 13.8 Å². The van der Waals surface area contributed by atoms with Crippen LogP contribution in [0.15, 0.2) is 29.2 Å². The fourth-order valence-electron chi connectivity index (χ4n) is 1.68. The van der Waals surface area contributed by atoms with Gasteiger partial charge in [0.2, 0.25) is 5.78 Å². The lowest BCUT2D eigenvalue weighted by molar-refractivity contribution is -0.160. The zero-order valence-electron chi connectivity index (χ0n) is 14.0. The predicted octanol–water partition coefficient (Wildman–Crippen LogP) is 3.20. The Hall–Kier alpha value is -1.41. The third-order valence-electron chi connectivity index (χ3n) is 2.77. The second-order valence-electron chi connectivity index (χ2n) is 5.52. The molecule has 0 unspecified atom stereocenters. The van der Waals surface area contributed by atoms with Crippen LogP contribution in [0.4, 0.5) is 0 Å². The molecule has 1 aromatic carbocycles. The minimum absolute atomic E-state index is 0.0827. The predicted molar refractivity (Wildman–Crippen MR) is 86.0 cm³/mol. The average molecular weight is 342 g/mol. The van der Waals surface area contributed by atoms with E-state index in [-0.39, 0.29) is 18.5 Å². The number of benzene rings is 1. The Morgan fingerprint density at radius 3 is 2.30 bits per heavy atom. The molecule has 0 aliphatic rings. The number of Topliss-reactive ketones (excluding diaryl/α,β-unsaturated/α-hetero) is 1. The normalized spacial score (nSPS) is 11.6. The van der Waals surface area contributed by atoms with Crippen LogP contribution in [0.5, 0.6) is 0 Å². The summed E-state index contributed by atoms with van der Waals surface area (Å²) in [7, 11) is 1.41. The maximum atomic E-state index is 12.5. The molecule has 128 valence electrons. The van der Waals surface area contributed by atoms with Crippen LogP contribution in [-0.4, -0.2) is 37.2 Å². The lowest BCUT2D eigenvalue weighted by Crippen LogP contribution is -2.38. The van der Waals surface area contributed by atoms with Crippen LogP contribution in [-0.2, 0) is 23.5 Å². The van der Waals surface area contributed by atoms with Crippen molar-refractivity contribution in [3.63, 3.8) is 0 Å². The maximum absolute atomic E-state index is 12.5. The van der Waals surface area contributed by atoms with E-state index < -0.39 is 11.6 Å². The smallest absolute Gasteiger partial charge is 0.333 e. The first-order valence-corrected chi connectivity index (χ1v) is 7.86. The van der Waals surface area contributed by atoms with Gasteiger partial charge in [-0.2, -0.15) is 4.33 Å². The van der Waals surface area contributed by atoms with Crippen LogP contribution in [0.1, 0.15) is 38.1 Å². The van der Waals surface area contributed by atoms with Gasteiger partial charge >= 0.3 is 5.97 Å². The van der Waals surface area contributed by atoms with E-state index in [0.717, 1.165) is 16.9 Å². The molecule has 7 heteroatoms. The molecule has 0 spiro atoms. The number of esters is 1. The zero-order chi connectivity index (χ0) is 17.5. The summed E-state index contributed by atoms with van der Waals surface area (Å²) < 4.78 is 15.1. The SMILES string of the molecule is COOSc1ccc(C(=O)C(C)(C)OC(=O)COC(C)C)cc1. The third kappa shape index (κ3) is 6.70. The van der Waals surface area contributed by atoms with E-state index in [0.29, 0.717) is 5.56 Å². The van der Waals surface area contributed by atoms with Gasteiger partial charge < -0.3 is 9.47 Å². The molecule has 23 heavy (non-hydrogen) atoms. The number of hydrogen-bond donors (Lipinski definition) is 0. The fraction of sp³-hybridized carbons (Fsp3) is 0.500. The van der Waals surface area contributed by atoms with Crippen LogP contribution in [0, 0.1) is 0 Å². The first kappa shape index (κ1) is 19.6. The number of ketones is 1. The van der Waals surface area contributed by atoms with Gasteiger partial charge in [0.05, 0.1) is 25.3 Å². The van der Waals surface area contributed by atoms with Crippen molar-refractivity contribution < 1.29 is 28.3 Å². The Morgan fingerprint density at radius 2 is 1.78 bits per heavy atom. The van der Waals surface area contributed by atoms with Crippen LogP contribution in [0.3, 0.4) is 0 Å². The van der Waals surface area contributed by atoms with Crippen molar-refractivity contribution in [2.75, 3.05) is 13.7 Å². The molecule has 1 rings (SSSR count). The number of hydrogen-bond acceptors (Lipinski definition) is 7. The summed E-state index contributed by atoms with van der Waals surface area (Å²) in [6.45, 7) is 6.56. The molecular formula is C16H22O6S. The van der Waals surface area contributed by atoms with E-state index in [2.05, 4.69) is 4.89 Å². The molecule has 0 N–H and O–H groups in total. The minimum atomic E-state index is -1.27. The standard InChI is InChI=1S/C16H22O6S/c1-11(2)20-10-14(17)21-16(3,4)15(18)12-6-8-13(9-7-12)23-22-19-5/h6-9,11H,10H2,1-5H3. The average Bonchev–Trinajstić information content (AvgIpc) is 2.50. The van der Waals surface area contributed by atoms with Crippen molar-refractivity contribution in [1.82, 2.24) is 0 Å². The largest absolute Gasteiger partial charge is 0.450 e. The van der Waals surface area contributed by atoms with Crippen molar-refractivity contribution in [3.05, 3.63) is 29.8 Å². The second-order valence-corrected chi connectivity index (χ2v) is 6.29. The number of carbonyl (C=O) groups is 2. The Labute approximate surface area is 140 Å². The number of carbonyl (C=O) groups excluding carboxylic acids is 2. The van der Waals surface area contributed by atoms with E-state index in [4.69, 9.17) is 13.8 Å². The highest BCUT2D eigenvalue weighted by Gasteiger charge is 2.32.